The molecule has 0 N–H and O–H groups in total. The standard InChI is InChI=1S/C24H36O4/c1-6-23(2,3)16-18-12-14-19(15-13-18)22(26)27-17-21(25)28-24(4,5)20-10-8-7-9-11-20/h12-15,20H,6-11,16-17H2,1-5H3. The fourth-order valence-corrected chi connectivity index (χ4v) is 3.85. The van der Waals surface area contributed by atoms with Crippen molar-refractivity contribution in [3.05, 3.63) is 35.4 Å². The molecule has 0 saturated heterocycles. The first-order chi connectivity index (χ1) is 13.1. The molecule has 0 heterocycles. The molecule has 0 aliphatic heterocycles. The molecule has 1 aliphatic carbocycles. The van der Waals surface area contributed by atoms with Gasteiger partial charge in [0.05, 0.1) is 5.56 Å². The van der Waals surface area contributed by atoms with Crippen molar-refractivity contribution in [2.45, 2.75) is 85.2 Å². The molecule has 1 aromatic carbocycles. The summed E-state index contributed by atoms with van der Waals surface area (Å²) in [6, 6.07) is 7.44. The van der Waals surface area contributed by atoms with Gasteiger partial charge in [-0.3, -0.25) is 0 Å². The normalized spacial score (nSPS) is 15.9. The fraction of sp³-hybridized carbons (Fsp3) is 0.667. The summed E-state index contributed by atoms with van der Waals surface area (Å²) in [6.07, 6.45) is 7.85. The van der Waals surface area contributed by atoms with Gasteiger partial charge in [-0.2, -0.15) is 0 Å². The lowest BCUT2D eigenvalue weighted by atomic mass is 9.79. The van der Waals surface area contributed by atoms with E-state index in [4.69, 9.17) is 9.47 Å². The molecule has 0 unspecified atom stereocenters. The van der Waals surface area contributed by atoms with Crippen molar-refractivity contribution >= 4 is 11.9 Å². The Balaban J connectivity index is 1.83. The van der Waals surface area contributed by atoms with Gasteiger partial charge in [0, 0.05) is 0 Å². The highest BCUT2D eigenvalue weighted by Gasteiger charge is 2.34. The molecule has 28 heavy (non-hydrogen) atoms. The summed E-state index contributed by atoms with van der Waals surface area (Å²) in [7, 11) is 0. The van der Waals surface area contributed by atoms with Crippen molar-refractivity contribution in [2.75, 3.05) is 6.61 Å². The summed E-state index contributed by atoms with van der Waals surface area (Å²) in [6.45, 7) is 10.2. The monoisotopic (exact) mass is 388 g/mol. The van der Waals surface area contributed by atoms with Gasteiger partial charge in [0.2, 0.25) is 0 Å². The third-order valence-electron chi connectivity index (χ3n) is 6.12. The number of hydrogen-bond acceptors (Lipinski definition) is 4. The quantitative estimate of drug-likeness (QED) is 0.534. The zero-order valence-corrected chi connectivity index (χ0v) is 18.2. The minimum Gasteiger partial charge on any atom is -0.457 e. The van der Waals surface area contributed by atoms with Crippen LogP contribution in [0.25, 0.3) is 0 Å². The van der Waals surface area contributed by atoms with Crippen molar-refractivity contribution in [1.29, 1.82) is 0 Å². The summed E-state index contributed by atoms with van der Waals surface area (Å²) >= 11 is 0. The molecule has 4 heteroatoms. The Bertz CT molecular complexity index is 652. The Morgan fingerprint density at radius 1 is 1.00 bits per heavy atom. The smallest absolute Gasteiger partial charge is 0.344 e. The molecule has 0 amide bonds. The highest BCUT2D eigenvalue weighted by Crippen LogP contribution is 2.34. The average molecular weight is 389 g/mol. The van der Waals surface area contributed by atoms with Crippen LogP contribution in [0.5, 0.6) is 0 Å². The third kappa shape index (κ3) is 6.65. The van der Waals surface area contributed by atoms with E-state index in [1.165, 1.54) is 24.8 Å². The van der Waals surface area contributed by atoms with E-state index in [1.54, 1.807) is 12.1 Å². The van der Waals surface area contributed by atoms with Crippen LogP contribution >= 0.6 is 0 Å². The van der Waals surface area contributed by atoms with Crippen LogP contribution in [-0.2, 0) is 20.7 Å². The number of benzene rings is 1. The van der Waals surface area contributed by atoms with E-state index in [0.29, 0.717) is 11.5 Å². The number of carbonyl (C=O) groups is 2. The lowest BCUT2D eigenvalue weighted by Crippen LogP contribution is -2.39. The summed E-state index contributed by atoms with van der Waals surface area (Å²) in [5, 5.41) is 0. The van der Waals surface area contributed by atoms with Gasteiger partial charge in [-0.05, 0) is 62.1 Å². The first-order valence-electron chi connectivity index (χ1n) is 10.6. The van der Waals surface area contributed by atoms with Crippen molar-refractivity contribution < 1.29 is 19.1 Å². The molecule has 0 radical (unpaired) electrons. The molecule has 0 bridgehead atoms. The lowest BCUT2D eigenvalue weighted by molar-refractivity contribution is -0.166. The SMILES string of the molecule is CCC(C)(C)Cc1ccc(C(=O)OCC(=O)OC(C)(C)C2CCCCC2)cc1. The second-order valence-electron chi connectivity index (χ2n) is 9.38. The molecule has 4 nitrogen and oxygen atoms in total. The molecule has 2 rings (SSSR count). The predicted octanol–water partition coefficient (Wildman–Crippen LogP) is 5.72. The van der Waals surface area contributed by atoms with Gasteiger partial charge in [0.25, 0.3) is 0 Å². The van der Waals surface area contributed by atoms with Crippen LogP contribution in [-0.4, -0.2) is 24.1 Å². The molecule has 1 fully saturated rings. The highest BCUT2D eigenvalue weighted by atomic mass is 16.6. The number of carbonyl (C=O) groups excluding carboxylic acids is 2. The van der Waals surface area contributed by atoms with Crippen molar-refractivity contribution in [1.82, 2.24) is 0 Å². The first-order valence-corrected chi connectivity index (χ1v) is 10.6. The maximum absolute atomic E-state index is 12.2. The second-order valence-corrected chi connectivity index (χ2v) is 9.38. The van der Waals surface area contributed by atoms with E-state index in [9.17, 15) is 9.59 Å². The van der Waals surface area contributed by atoms with Crippen LogP contribution in [0.4, 0.5) is 0 Å². The summed E-state index contributed by atoms with van der Waals surface area (Å²) < 4.78 is 10.8. The molecule has 1 saturated carbocycles. The minimum atomic E-state index is -0.516. The Morgan fingerprint density at radius 2 is 1.61 bits per heavy atom. The Labute approximate surface area is 170 Å². The van der Waals surface area contributed by atoms with E-state index in [0.717, 1.165) is 25.7 Å². The van der Waals surface area contributed by atoms with Gasteiger partial charge in [-0.1, -0.05) is 58.6 Å². The van der Waals surface area contributed by atoms with Gasteiger partial charge < -0.3 is 9.47 Å². The summed E-state index contributed by atoms with van der Waals surface area (Å²) in [5.74, 6) is -0.597. The van der Waals surface area contributed by atoms with Crippen LogP contribution in [0.2, 0.25) is 0 Å². The van der Waals surface area contributed by atoms with Crippen LogP contribution in [0.1, 0.15) is 89.1 Å². The van der Waals surface area contributed by atoms with Crippen LogP contribution in [0, 0.1) is 11.3 Å². The number of ether oxygens (including phenoxy) is 2. The third-order valence-corrected chi connectivity index (χ3v) is 6.12. The van der Waals surface area contributed by atoms with Gasteiger partial charge in [-0.15, -0.1) is 0 Å². The fourth-order valence-electron chi connectivity index (χ4n) is 3.85. The van der Waals surface area contributed by atoms with E-state index in [1.807, 2.05) is 26.0 Å². The van der Waals surface area contributed by atoms with Gasteiger partial charge >= 0.3 is 11.9 Å². The van der Waals surface area contributed by atoms with Gasteiger partial charge in [0.1, 0.15) is 5.60 Å². The summed E-state index contributed by atoms with van der Waals surface area (Å²) in [5.41, 5.74) is 1.36. The van der Waals surface area contributed by atoms with Crippen molar-refractivity contribution in [3.8, 4) is 0 Å². The Hall–Kier alpha value is -1.84. The molecule has 0 atom stereocenters. The van der Waals surface area contributed by atoms with Crippen molar-refractivity contribution in [3.63, 3.8) is 0 Å². The number of rotatable bonds is 8. The molecule has 156 valence electrons. The average Bonchev–Trinajstić information content (AvgIpc) is 2.67. The second kappa shape index (κ2) is 9.58. The molecule has 0 aromatic heterocycles. The highest BCUT2D eigenvalue weighted by molar-refractivity contribution is 5.90. The molecule has 1 aromatic rings. The zero-order valence-electron chi connectivity index (χ0n) is 18.2. The predicted molar refractivity (Wildman–Crippen MR) is 111 cm³/mol. The van der Waals surface area contributed by atoms with E-state index >= 15 is 0 Å². The van der Waals surface area contributed by atoms with Crippen LogP contribution in [0.15, 0.2) is 24.3 Å². The topological polar surface area (TPSA) is 52.6 Å². The minimum absolute atomic E-state index is 0.233. The largest absolute Gasteiger partial charge is 0.457 e. The first kappa shape index (κ1) is 22.4. The number of esters is 2. The molecule has 0 spiro atoms. The maximum Gasteiger partial charge on any atom is 0.344 e. The maximum atomic E-state index is 12.2. The Kier molecular flexibility index (Phi) is 7.68. The zero-order chi connectivity index (χ0) is 20.8. The van der Waals surface area contributed by atoms with Crippen LogP contribution < -0.4 is 0 Å². The van der Waals surface area contributed by atoms with Crippen LogP contribution in [0.3, 0.4) is 0 Å². The van der Waals surface area contributed by atoms with E-state index in [-0.39, 0.29) is 12.0 Å². The van der Waals surface area contributed by atoms with E-state index < -0.39 is 17.5 Å². The van der Waals surface area contributed by atoms with Gasteiger partial charge in [0.15, 0.2) is 6.61 Å². The number of hydrogen-bond donors (Lipinski definition) is 0. The Morgan fingerprint density at radius 3 is 2.18 bits per heavy atom. The molecular weight excluding hydrogens is 352 g/mol. The van der Waals surface area contributed by atoms with E-state index in [2.05, 4.69) is 20.8 Å². The lowest BCUT2D eigenvalue weighted by Gasteiger charge is -2.36. The van der Waals surface area contributed by atoms with Gasteiger partial charge in [-0.25, -0.2) is 9.59 Å². The molecular formula is C24H36O4. The van der Waals surface area contributed by atoms with Crippen molar-refractivity contribution in [2.24, 2.45) is 11.3 Å². The molecule has 1 aliphatic rings. The summed E-state index contributed by atoms with van der Waals surface area (Å²) in [4.78, 5) is 24.4.